The van der Waals surface area contributed by atoms with E-state index in [4.69, 9.17) is 28.3 Å². The summed E-state index contributed by atoms with van der Waals surface area (Å²) in [5, 5.41) is 11.7. The van der Waals surface area contributed by atoms with Gasteiger partial charge in [-0.3, -0.25) is 4.79 Å². The summed E-state index contributed by atoms with van der Waals surface area (Å²) in [7, 11) is 0. The van der Waals surface area contributed by atoms with Crippen molar-refractivity contribution in [3.63, 3.8) is 0 Å². The van der Waals surface area contributed by atoms with Gasteiger partial charge in [-0.1, -0.05) is 23.2 Å². The van der Waals surface area contributed by atoms with Crippen molar-refractivity contribution in [2.45, 2.75) is 6.92 Å². The van der Waals surface area contributed by atoms with Gasteiger partial charge in [0.25, 0.3) is 5.91 Å². The van der Waals surface area contributed by atoms with Crippen molar-refractivity contribution in [2.24, 2.45) is 0 Å². The average Bonchev–Trinajstić information content (AvgIpc) is 2.14. The minimum atomic E-state index is -1.18. The lowest BCUT2D eigenvalue weighted by Crippen LogP contribution is -2.13. The number of carboxylic acid groups (broad SMARTS) is 1. The predicted molar refractivity (Wildman–Crippen MR) is 66.5 cm³/mol. The molecule has 0 aliphatic carbocycles. The zero-order valence-corrected chi connectivity index (χ0v) is 10.3. The summed E-state index contributed by atoms with van der Waals surface area (Å²) in [6.07, 6.45) is 0.821. The molecule has 4 nitrogen and oxygen atoms in total. The maximum Gasteiger partial charge on any atom is 0.328 e. The summed E-state index contributed by atoms with van der Waals surface area (Å²) in [6, 6.07) is 4.55. The van der Waals surface area contributed by atoms with Gasteiger partial charge >= 0.3 is 5.97 Å². The quantitative estimate of drug-likeness (QED) is 0.833. The number of halogens is 2. The second-order valence-corrected chi connectivity index (χ2v) is 4.15. The highest BCUT2D eigenvalue weighted by Crippen LogP contribution is 2.22. The van der Waals surface area contributed by atoms with Crippen LogP contribution >= 0.6 is 23.2 Å². The minimum absolute atomic E-state index is 0.0774. The lowest BCUT2D eigenvalue weighted by Gasteiger charge is -2.06. The summed E-state index contributed by atoms with van der Waals surface area (Å²) in [6.45, 7) is 1.40. The van der Waals surface area contributed by atoms with Gasteiger partial charge in [0.2, 0.25) is 0 Å². The molecule has 0 aliphatic rings. The van der Waals surface area contributed by atoms with E-state index < -0.39 is 11.9 Å². The Morgan fingerprint density at radius 3 is 2.24 bits per heavy atom. The van der Waals surface area contributed by atoms with Crippen LogP contribution in [0.2, 0.25) is 10.0 Å². The van der Waals surface area contributed by atoms with Crippen molar-refractivity contribution in [3.8, 4) is 0 Å². The maximum atomic E-state index is 11.5. The van der Waals surface area contributed by atoms with Crippen LogP contribution in [0.3, 0.4) is 0 Å². The highest BCUT2D eigenvalue weighted by Gasteiger charge is 2.07. The third kappa shape index (κ3) is 4.46. The lowest BCUT2D eigenvalue weighted by molar-refractivity contribution is -0.131. The van der Waals surface area contributed by atoms with Crippen LogP contribution in [0.25, 0.3) is 0 Å². The lowest BCUT2D eigenvalue weighted by atomic mass is 10.2. The normalized spacial score (nSPS) is 11.1. The summed E-state index contributed by atoms with van der Waals surface area (Å²) in [5.74, 6) is -1.70. The van der Waals surface area contributed by atoms with Crippen molar-refractivity contribution in [1.29, 1.82) is 0 Å². The van der Waals surface area contributed by atoms with E-state index in [0.29, 0.717) is 15.7 Å². The second-order valence-electron chi connectivity index (χ2n) is 3.28. The molecule has 0 fully saturated rings. The molecular weight excluding hydrogens is 265 g/mol. The molecule has 0 aliphatic heterocycles. The first-order valence-electron chi connectivity index (χ1n) is 4.57. The molecule has 90 valence electrons. The number of benzene rings is 1. The van der Waals surface area contributed by atoms with Crippen LogP contribution in [0.5, 0.6) is 0 Å². The number of carbonyl (C=O) groups is 2. The standard InChI is InChI=1S/C11H9Cl2NO3/c1-6(2-10(15)16)11(17)14-9-4-7(12)3-8(13)5-9/h2-5H,1H3,(H,14,17)(H,15,16)/b6-2+. The second kappa shape index (κ2) is 5.70. The topological polar surface area (TPSA) is 66.4 Å². The molecule has 1 rings (SSSR count). The van der Waals surface area contributed by atoms with E-state index in [1.54, 1.807) is 0 Å². The van der Waals surface area contributed by atoms with E-state index in [1.807, 2.05) is 0 Å². The van der Waals surface area contributed by atoms with Crippen molar-refractivity contribution in [1.82, 2.24) is 0 Å². The number of anilines is 1. The van der Waals surface area contributed by atoms with Crippen molar-refractivity contribution < 1.29 is 14.7 Å². The van der Waals surface area contributed by atoms with Gasteiger partial charge in [0.1, 0.15) is 0 Å². The molecule has 0 radical (unpaired) electrons. The van der Waals surface area contributed by atoms with Gasteiger partial charge in [0, 0.05) is 27.4 Å². The highest BCUT2D eigenvalue weighted by molar-refractivity contribution is 6.35. The monoisotopic (exact) mass is 273 g/mol. The van der Waals surface area contributed by atoms with Crippen molar-refractivity contribution in [2.75, 3.05) is 5.32 Å². The Balaban J connectivity index is 2.84. The molecule has 17 heavy (non-hydrogen) atoms. The maximum absolute atomic E-state index is 11.5. The Bertz CT molecular complexity index is 477. The summed E-state index contributed by atoms with van der Waals surface area (Å²) in [4.78, 5) is 21.9. The van der Waals surface area contributed by atoms with E-state index in [2.05, 4.69) is 5.32 Å². The number of aliphatic carboxylic acids is 1. The zero-order valence-electron chi connectivity index (χ0n) is 8.83. The van der Waals surface area contributed by atoms with E-state index in [9.17, 15) is 9.59 Å². The smallest absolute Gasteiger partial charge is 0.328 e. The number of hydrogen-bond donors (Lipinski definition) is 2. The summed E-state index contributed by atoms with van der Waals surface area (Å²) < 4.78 is 0. The molecule has 0 aromatic heterocycles. The van der Waals surface area contributed by atoms with E-state index >= 15 is 0 Å². The number of carboxylic acids is 1. The largest absolute Gasteiger partial charge is 0.478 e. The molecule has 1 amide bonds. The number of rotatable bonds is 3. The van der Waals surface area contributed by atoms with Crippen LogP contribution in [0.4, 0.5) is 5.69 Å². The van der Waals surface area contributed by atoms with E-state index in [0.717, 1.165) is 6.08 Å². The Labute approximate surface area is 108 Å². The summed E-state index contributed by atoms with van der Waals surface area (Å²) >= 11 is 11.5. The number of carbonyl (C=O) groups excluding carboxylic acids is 1. The Kier molecular flexibility index (Phi) is 4.54. The van der Waals surface area contributed by atoms with Crippen LogP contribution in [-0.4, -0.2) is 17.0 Å². The van der Waals surface area contributed by atoms with Gasteiger partial charge in [-0.25, -0.2) is 4.79 Å². The SMILES string of the molecule is C/C(=C\C(=O)O)C(=O)Nc1cc(Cl)cc(Cl)c1. The van der Waals surface area contributed by atoms with Crippen LogP contribution in [0, 0.1) is 0 Å². The summed E-state index contributed by atoms with van der Waals surface area (Å²) in [5.41, 5.74) is 0.485. The first kappa shape index (κ1) is 13.5. The molecule has 2 N–H and O–H groups in total. The molecule has 0 saturated carbocycles. The Morgan fingerprint density at radius 1 is 1.24 bits per heavy atom. The third-order valence-corrected chi connectivity index (χ3v) is 2.25. The molecule has 0 spiro atoms. The van der Waals surface area contributed by atoms with Gasteiger partial charge < -0.3 is 10.4 Å². The Hall–Kier alpha value is -1.52. The van der Waals surface area contributed by atoms with Gasteiger partial charge in [-0.15, -0.1) is 0 Å². The average molecular weight is 274 g/mol. The molecule has 0 unspecified atom stereocenters. The first-order chi connectivity index (χ1) is 7.88. The van der Waals surface area contributed by atoms with Crippen LogP contribution in [0.15, 0.2) is 29.8 Å². The minimum Gasteiger partial charge on any atom is -0.478 e. The number of amides is 1. The molecular formula is C11H9Cl2NO3. The molecule has 1 aromatic carbocycles. The van der Waals surface area contributed by atoms with Crippen molar-refractivity contribution >= 4 is 40.8 Å². The molecule has 0 heterocycles. The fourth-order valence-corrected chi connectivity index (χ4v) is 1.63. The molecule has 6 heteroatoms. The van der Waals surface area contributed by atoms with Gasteiger partial charge in [-0.2, -0.15) is 0 Å². The fraction of sp³-hybridized carbons (Fsp3) is 0.0909. The fourth-order valence-electron chi connectivity index (χ4n) is 1.11. The molecule has 0 saturated heterocycles. The van der Waals surface area contributed by atoms with Crippen LogP contribution in [-0.2, 0) is 9.59 Å². The van der Waals surface area contributed by atoms with Gasteiger partial charge in [0.05, 0.1) is 0 Å². The predicted octanol–water partition coefficient (Wildman–Crippen LogP) is 2.96. The van der Waals surface area contributed by atoms with Crippen LogP contribution in [0.1, 0.15) is 6.92 Å². The molecule has 0 atom stereocenters. The number of nitrogens with one attached hydrogen (secondary N) is 1. The Morgan fingerprint density at radius 2 is 1.76 bits per heavy atom. The van der Waals surface area contributed by atoms with Crippen LogP contribution < -0.4 is 5.32 Å². The van der Waals surface area contributed by atoms with E-state index in [-0.39, 0.29) is 5.57 Å². The highest BCUT2D eigenvalue weighted by atomic mass is 35.5. The zero-order chi connectivity index (χ0) is 13.0. The molecule has 1 aromatic rings. The first-order valence-corrected chi connectivity index (χ1v) is 5.33. The van der Waals surface area contributed by atoms with Gasteiger partial charge in [0.15, 0.2) is 0 Å². The van der Waals surface area contributed by atoms with Crippen molar-refractivity contribution in [3.05, 3.63) is 39.9 Å². The number of hydrogen-bond acceptors (Lipinski definition) is 2. The van der Waals surface area contributed by atoms with E-state index in [1.165, 1.54) is 25.1 Å². The van der Waals surface area contributed by atoms with Gasteiger partial charge in [-0.05, 0) is 25.1 Å². The molecule has 0 bridgehead atoms. The third-order valence-electron chi connectivity index (χ3n) is 1.82.